The molecule has 0 radical (unpaired) electrons. The van der Waals surface area contributed by atoms with Crippen LogP contribution in [0.3, 0.4) is 0 Å². The van der Waals surface area contributed by atoms with Gasteiger partial charge < -0.3 is 5.32 Å². The summed E-state index contributed by atoms with van der Waals surface area (Å²) in [6, 6.07) is 1.96. The van der Waals surface area contributed by atoms with E-state index < -0.39 is 0 Å². The summed E-state index contributed by atoms with van der Waals surface area (Å²) in [4.78, 5) is 4.26. The fourth-order valence-corrected chi connectivity index (χ4v) is 1.97. The number of aromatic nitrogens is 3. The van der Waals surface area contributed by atoms with Crippen molar-refractivity contribution in [2.45, 2.75) is 11.9 Å². The van der Waals surface area contributed by atoms with Crippen molar-refractivity contribution in [3.05, 3.63) is 12.3 Å². The van der Waals surface area contributed by atoms with E-state index >= 15 is 0 Å². The van der Waals surface area contributed by atoms with Crippen molar-refractivity contribution in [1.29, 1.82) is 0 Å². The van der Waals surface area contributed by atoms with Crippen molar-refractivity contribution >= 4 is 28.5 Å². The number of nitrogens with zero attached hydrogens (tertiary/aromatic N) is 2. The van der Waals surface area contributed by atoms with Gasteiger partial charge in [-0.15, -0.1) is 11.8 Å². The van der Waals surface area contributed by atoms with Gasteiger partial charge in [-0.25, -0.2) is 4.98 Å². The first-order chi connectivity index (χ1) is 6.85. The van der Waals surface area contributed by atoms with Gasteiger partial charge in [0.05, 0.1) is 10.9 Å². The van der Waals surface area contributed by atoms with E-state index in [2.05, 4.69) is 27.4 Å². The summed E-state index contributed by atoms with van der Waals surface area (Å²) in [7, 11) is 1.85. The van der Waals surface area contributed by atoms with Crippen molar-refractivity contribution in [1.82, 2.24) is 15.2 Å². The minimum Gasteiger partial charge on any atom is -0.373 e. The Kier molecular flexibility index (Phi) is 2.58. The van der Waals surface area contributed by atoms with E-state index in [9.17, 15) is 0 Å². The van der Waals surface area contributed by atoms with Gasteiger partial charge in [0.15, 0.2) is 0 Å². The molecule has 0 bridgehead atoms. The molecule has 2 N–H and O–H groups in total. The molecule has 2 aromatic rings. The SMILES string of the molecule is CCSc1n[nH]c2cc(NC)ncc12. The molecule has 0 unspecified atom stereocenters. The lowest BCUT2D eigenvalue weighted by Crippen LogP contribution is -1.90. The summed E-state index contributed by atoms with van der Waals surface area (Å²) in [6.45, 7) is 2.11. The Morgan fingerprint density at radius 1 is 1.57 bits per heavy atom. The largest absolute Gasteiger partial charge is 0.373 e. The molecule has 0 amide bonds. The Morgan fingerprint density at radius 2 is 2.43 bits per heavy atom. The number of fused-ring (bicyclic) bond motifs is 1. The Morgan fingerprint density at radius 3 is 3.14 bits per heavy atom. The fraction of sp³-hybridized carbons (Fsp3) is 0.333. The summed E-state index contributed by atoms with van der Waals surface area (Å²) in [5.74, 6) is 1.88. The summed E-state index contributed by atoms with van der Waals surface area (Å²) in [5.41, 5.74) is 1.03. The third kappa shape index (κ3) is 1.55. The molecule has 2 heterocycles. The molecule has 0 saturated carbocycles. The third-order valence-corrected chi connectivity index (χ3v) is 2.82. The highest BCUT2D eigenvalue weighted by Gasteiger charge is 2.05. The van der Waals surface area contributed by atoms with Crippen LogP contribution in [0.25, 0.3) is 10.9 Å². The molecule has 5 heteroatoms. The number of hydrogen-bond donors (Lipinski definition) is 2. The molecule has 14 heavy (non-hydrogen) atoms. The average Bonchev–Trinajstić information content (AvgIpc) is 2.61. The van der Waals surface area contributed by atoms with E-state index in [0.717, 1.165) is 27.5 Å². The third-order valence-electron chi connectivity index (χ3n) is 1.95. The molecule has 0 aromatic carbocycles. The molecule has 0 aliphatic carbocycles. The van der Waals surface area contributed by atoms with Gasteiger partial charge in [0.1, 0.15) is 10.8 Å². The lowest BCUT2D eigenvalue weighted by molar-refractivity contribution is 1.02. The zero-order valence-electron chi connectivity index (χ0n) is 8.16. The van der Waals surface area contributed by atoms with Crippen LogP contribution in [-0.2, 0) is 0 Å². The number of H-pyrrole nitrogens is 1. The van der Waals surface area contributed by atoms with Crippen molar-refractivity contribution < 1.29 is 0 Å². The lowest BCUT2D eigenvalue weighted by Gasteiger charge is -1.97. The van der Waals surface area contributed by atoms with E-state index in [1.807, 2.05) is 19.3 Å². The maximum absolute atomic E-state index is 4.26. The van der Waals surface area contributed by atoms with Crippen molar-refractivity contribution in [3.8, 4) is 0 Å². The highest BCUT2D eigenvalue weighted by Crippen LogP contribution is 2.25. The van der Waals surface area contributed by atoms with Crippen LogP contribution in [-0.4, -0.2) is 28.0 Å². The standard InChI is InChI=1S/C9H12N4S/c1-3-14-9-6-5-11-8(10-2)4-7(6)12-13-9/h4-5H,3H2,1-2H3,(H,10,11)(H,12,13). The van der Waals surface area contributed by atoms with E-state index in [1.165, 1.54) is 0 Å². The van der Waals surface area contributed by atoms with Gasteiger partial charge in [0.2, 0.25) is 0 Å². The Hall–Kier alpha value is -1.23. The van der Waals surface area contributed by atoms with Gasteiger partial charge in [-0.05, 0) is 5.75 Å². The highest BCUT2D eigenvalue weighted by atomic mass is 32.2. The maximum Gasteiger partial charge on any atom is 0.127 e. The summed E-state index contributed by atoms with van der Waals surface area (Å²) in [6.07, 6.45) is 1.85. The topological polar surface area (TPSA) is 53.6 Å². The molecular weight excluding hydrogens is 196 g/mol. The number of hydrogen-bond acceptors (Lipinski definition) is 4. The van der Waals surface area contributed by atoms with Crippen LogP contribution in [0.2, 0.25) is 0 Å². The molecule has 0 atom stereocenters. The van der Waals surface area contributed by atoms with Crippen LogP contribution in [0.15, 0.2) is 17.3 Å². The second-order valence-corrected chi connectivity index (χ2v) is 4.08. The highest BCUT2D eigenvalue weighted by molar-refractivity contribution is 7.99. The van der Waals surface area contributed by atoms with E-state index in [1.54, 1.807) is 11.8 Å². The second-order valence-electron chi connectivity index (χ2n) is 2.83. The molecule has 2 aromatic heterocycles. The van der Waals surface area contributed by atoms with Crippen LogP contribution in [0.1, 0.15) is 6.92 Å². The molecule has 0 aliphatic rings. The first kappa shape index (κ1) is 9.33. The van der Waals surface area contributed by atoms with Gasteiger partial charge in [0.25, 0.3) is 0 Å². The van der Waals surface area contributed by atoms with Crippen molar-refractivity contribution in [3.63, 3.8) is 0 Å². The number of rotatable bonds is 3. The monoisotopic (exact) mass is 208 g/mol. The molecular formula is C9H12N4S. The Labute approximate surface area is 86.5 Å². The van der Waals surface area contributed by atoms with Gasteiger partial charge >= 0.3 is 0 Å². The number of aromatic amines is 1. The van der Waals surface area contributed by atoms with Crippen LogP contribution < -0.4 is 5.32 Å². The molecule has 0 fully saturated rings. The van der Waals surface area contributed by atoms with Crippen LogP contribution in [0.4, 0.5) is 5.82 Å². The van der Waals surface area contributed by atoms with Gasteiger partial charge in [0, 0.05) is 19.3 Å². The summed E-state index contributed by atoms with van der Waals surface area (Å²) < 4.78 is 0. The van der Waals surface area contributed by atoms with Crippen LogP contribution in [0.5, 0.6) is 0 Å². The number of nitrogens with one attached hydrogen (secondary N) is 2. The number of anilines is 1. The van der Waals surface area contributed by atoms with Gasteiger partial charge in [-0.2, -0.15) is 5.10 Å². The summed E-state index contributed by atoms with van der Waals surface area (Å²) in [5, 5.41) is 12.3. The smallest absolute Gasteiger partial charge is 0.127 e. The minimum absolute atomic E-state index is 0.856. The molecule has 0 aliphatic heterocycles. The van der Waals surface area contributed by atoms with Gasteiger partial charge in [-0.3, -0.25) is 5.10 Å². The molecule has 0 saturated heterocycles. The second kappa shape index (κ2) is 3.88. The van der Waals surface area contributed by atoms with Crippen LogP contribution in [0, 0.1) is 0 Å². The molecule has 74 valence electrons. The Balaban J connectivity index is 2.48. The summed E-state index contributed by atoms with van der Waals surface area (Å²) >= 11 is 1.72. The zero-order valence-corrected chi connectivity index (χ0v) is 8.98. The van der Waals surface area contributed by atoms with E-state index in [-0.39, 0.29) is 0 Å². The van der Waals surface area contributed by atoms with Gasteiger partial charge in [-0.1, -0.05) is 6.92 Å². The first-order valence-electron chi connectivity index (χ1n) is 4.49. The quantitative estimate of drug-likeness (QED) is 0.758. The van der Waals surface area contributed by atoms with E-state index in [0.29, 0.717) is 0 Å². The number of pyridine rings is 1. The van der Waals surface area contributed by atoms with Crippen molar-refractivity contribution in [2.24, 2.45) is 0 Å². The zero-order chi connectivity index (χ0) is 9.97. The lowest BCUT2D eigenvalue weighted by atomic mass is 10.3. The normalized spacial score (nSPS) is 10.7. The molecule has 4 nitrogen and oxygen atoms in total. The number of thioether (sulfide) groups is 1. The predicted molar refractivity (Wildman–Crippen MR) is 59.8 cm³/mol. The fourth-order valence-electron chi connectivity index (χ4n) is 1.27. The van der Waals surface area contributed by atoms with Crippen molar-refractivity contribution in [2.75, 3.05) is 18.1 Å². The average molecular weight is 208 g/mol. The molecule has 0 spiro atoms. The Bertz CT molecular complexity index is 437. The maximum atomic E-state index is 4.26. The first-order valence-corrected chi connectivity index (χ1v) is 5.48. The van der Waals surface area contributed by atoms with E-state index in [4.69, 9.17) is 0 Å². The minimum atomic E-state index is 0.856. The molecule has 2 rings (SSSR count). The predicted octanol–water partition coefficient (Wildman–Crippen LogP) is 2.11. The van der Waals surface area contributed by atoms with Crippen LogP contribution >= 0.6 is 11.8 Å².